The molecule has 1 fully saturated rings. The predicted octanol–water partition coefficient (Wildman–Crippen LogP) is 2.99. The first-order valence-electron chi connectivity index (χ1n) is 9.55. The second-order valence-corrected chi connectivity index (χ2v) is 8.77. The lowest BCUT2D eigenvalue weighted by Gasteiger charge is -2.40. The fourth-order valence-electron chi connectivity index (χ4n) is 4.38. The van der Waals surface area contributed by atoms with E-state index in [2.05, 4.69) is 4.98 Å². The summed E-state index contributed by atoms with van der Waals surface area (Å²) < 4.78 is 0. The van der Waals surface area contributed by atoms with Crippen molar-refractivity contribution in [2.24, 2.45) is 0 Å². The Labute approximate surface area is 163 Å². The van der Waals surface area contributed by atoms with Crippen molar-refractivity contribution in [3.05, 3.63) is 51.9 Å². The van der Waals surface area contributed by atoms with Crippen LogP contribution in [0.4, 0.5) is 0 Å². The smallest absolute Gasteiger partial charge is 0.254 e. The highest BCUT2D eigenvalue weighted by Crippen LogP contribution is 2.44. The fraction of sp³-hybridized carbons (Fsp3) is 0.476. The molecule has 5 nitrogen and oxygen atoms in total. The van der Waals surface area contributed by atoms with Crippen molar-refractivity contribution in [3.8, 4) is 11.4 Å². The highest BCUT2D eigenvalue weighted by Gasteiger charge is 2.44. The number of nitrogens with zero attached hydrogens (tertiary/aromatic N) is 2. The minimum atomic E-state index is -0.0630. The number of benzene rings is 1. The van der Waals surface area contributed by atoms with Crippen molar-refractivity contribution in [1.29, 1.82) is 0 Å². The Morgan fingerprint density at radius 3 is 2.59 bits per heavy atom. The maximum atomic E-state index is 12.7. The number of aromatic amines is 1. The summed E-state index contributed by atoms with van der Waals surface area (Å²) in [5, 5.41) is 0.000525. The molecule has 4 rings (SSSR count). The van der Waals surface area contributed by atoms with Crippen LogP contribution < -0.4 is 5.56 Å². The monoisotopic (exact) mass is 383 g/mol. The Hall–Kier alpha value is -2.08. The van der Waals surface area contributed by atoms with Gasteiger partial charge in [0, 0.05) is 29.6 Å². The number of likely N-dealkylation sites (tertiary alicyclic amines) is 1. The Bertz CT molecular complexity index is 901. The number of amides is 1. The lowest BCUT2D eigenvalue weighted by Crippen LogP contribution is -2.47. The van der Waals surface area contributed by atoms with E-state index in [0.717, 1.165) is 55.6 Å². The molecule has 2 aromatic rings. The van der Waals surface area contributed by atoms with Gasteiger partial charge in [-0.1, -0.05) is 30.3 Å². The summed E-state index contributed by atoms with van der Waals surface area (Å²) in [5.74, 6) is 0.870. The van der Waals surface area contributed by atoms with Gasteiger partial charge < -0.3 is 9.88 Å². The Balaban J connectivity index is 1.63. The highest BCUT2D eigenvalue weighted by atomic mass is 32.2. The molecule has 1 atom stereocenters. The number of piperidine rings is 1. The van der Waals surface area contributed by atoms with Crippen LogP contribution in [0.5, 0.6) is 0 Å². The zero-order chi connectivity index (χ0) is 19.0. The molecule has 1 aromatic heterocycles. The molecule has 1 unspecified atom stereocenters. The van der Waals surface area contributed by atoms with E-state index in [1.807, 2.05) is 48.4 Å². The van der Waals surface area contributed by atoms with Gasteiger partial charge in [0.2, 0.25) is 5.91 Å². The maximum Gasteiger partial charge on any atom is 0.254 e. The number of hydrogen-bond donors (Lipinski definition) is 1. The number of carbonyl (C=O) groups excluding carboxylic acids is 1. The Morgan fingerprint density at radius 2 is 1.93 bits per heavy atom. The maximum absolute atomic E-state index is 12.7. The van der Waals surface area contributed by atoms with Gasteiger partial charge in [-0.15, -0.1) is 0 Å². The normalized spacial score (nSPS) is 19.1. The molecule has 2 aliphatic rings. The summed E-state index contributed by atoms with van der Waals surface area (Å²) >= 11 is 1.59. The van der Waals surface area contributed by atoms with Crippen molar-refractivity contribution in [2.45, 2.75) is 43.3 Å². The second-order valence-electron chi connectivity index (χ2n) is 7.59. The molecule has 1 aliphatic heterocycles. The predicted molar refractivity (Wildman–Crippen MR) is 109 cm³/mol. The molecule has 1 spiro atoms. The summed E-state index contributed by atoms with van der Waals surface area (Å²) in [6.45, 7) is 3.46. The zero-order valence-electron chi connectivity index (χ0n) is 15.8. The van der Waals surface area contributed by atoms with Crippen LogP contribution in [0.25, 0.3) is 11.4 Å². The first-order chi connectivity index (χ1) is 13.0. The molecule has 142 valence electrons. The van der Waals surface area contributed by atoms with Crippen LogP contribution in [0.2, 0.25) is 0 Å². The van der Waals surface area contributed by atoms with Crippen LogP contribution in [-0.2, 0) is 16.6 Å². The number of carbonyl (C=O) groups is 1. The molecule has 1 aromatic carbocycles. The largest absolute Gasteiger partial charge is 0.342 e. The molecule has 27 heavy (non-hydrogen) atoms. The van der Waals surface area contributed by atoms with E-state index in [-0.39, 0.29) is 22.1 Å². The van der Waals surface area contributed by atoms with Crippen LogP contribution in [0.15, 0.2) is 35.1 Å². The van der Waals surface area contributed by atoms with E-state index in [1.54, 1.807) is 11.8 Å². The highest BCUT2D eigenvalue weighted by molar-refractivity contribution is 7.99. The standard InChI is InChI=1S/C21H25N3O2S/c1-14(27-2)20(26)24-12-10-21(11-13-24)9-8-16-17(21)22-18(23-19(16)25)15-6-4-3-5-7-15/h3-7,14H,8-13H2,1-2H3,(H,22,23,25). The summed E-state index contributed by atoms with van der Waals surface area (Å²) in [5.41, 5.74) is 2.67. The van der Waals surface area contributed by atoms with E-state index in [0.29, 0.717) is 5.82 Å². The fourth-order valence-corrected chi connectivity index (χ4v) is 4.73. The van der Waals surface area contributed by atoms with Gasteiger partial charge in [-0.25, -0.2) is 4.98 Å². The van der Waals surface area contributed by atoms with Crippen molar-refractivity contribution >= 4 is 17.7 Å². The van der Waals surface area contributed by atoms with Crippen LogP contribution in [-0.4, -0.2) is 45.4 Å². The lowest BCUT2D eigenvalue weighted by atomic mass is 9.76. The molecule has 1 N–H and O–H groups in total. The topological polar surface area (TPSA) is 66.1 Å². The van der Waals surface area contributed by atoms with Crippen molar-refractivity contribution < 1.29 is 4.79 Å². The van der Waals surface area contributed by atoms with Gasteiger partial charge in [0.25, 0.3) is 5.56 Å². The zero-order valence-corrected chi connectivity index (χ0v) is 16.6. The van der Waals surface area contributed by atoms with Gasteiger partial charge in [-0.05, 0) is 38.9 Å². The van der Waals surface area contributed by atoms with Crippen LogP contribution in [0.3, 0.4) is 0 Å². The van der Waals surface area contributed by atoms with Gasteiger partial charge in [0.15, 0.2) is 0 Å². The minimum Gasteiger partial charge on any atom is -0.342 e. The summed E-state index contributed by atoms with van der Waals surface area (Å²) in [6.07, 6.45) is 5.48. The third kappa shape index (κ3) is 3.20. The Kier molecular flexibility index (Phi) is 4.84. The summed E-state index contributed by atoms with van der Waals surface area (Å²) in [6, 6.07) is 9.80. The van der Waals surface area contributed by atoms with Gasteiger partial charge in [-0.2, -0.15) is 11.8 Å². The van der Waals surface area contributed by atoms with Gasteiger partial charge >= 0.3 is 0 Å². The van der Waals surface area contributed by atoms with Gasteiger partial charge in [0.1, 0.15) is 5.82 Å². The second kappa shape index (κ2) is 7.15. The van der Waals surface area contributed by atoms with Gasteiger partial charge in [0.05, 0.1) is 10.9 Å². The number of nitrogens with one attached hydrogen (secondary N) is 1. The van der Waals surface area contributed by atoms with Crippen LogP contribution in [0, 0.1) is 0 Å². The SMILES string of the molecule is CSC(C)C(=O)N1CCC2(CCc3c2nc(-c2ccccc2)[nH]c3=O)CC1. The van der Waals surface area contributed by atoms with E-state index >= 15 is 0 Å². The molecule has 6 heteroatoms. The molecule has 2 heterocycles. The summed E-state index contributed by atoms with van der Waals surface area (Å²) in [7, 11) is 0. The average Bonchev–Trinajstić information content (AvgIpc) is 3.06. The van der Waals surface area contributed by atoms with Gasteiger partial charge in [-0.3, -0.25) is 9.59 Å². The minimum absolute atomic E-state index is 0.000525. The van der Waals surface area contributed by atoms with E-state index in [1.165, 1.54) is 0 Å². The number of H-pyrrole nitrogens is 1. The quantitative estimate of drug-likeness (QED) is 0.885. The van der Waals surface area contributed by atoms with Crippen LogP contribution in [0.1, 0.15) is 37.4 Å². The average molecular weight is 384 g/mol. The van der Waals surface area contributed by atoms with E-state index < -0.39 is 0 Å². The molecule has 0 bridgehead atoms. The summed E-state index contributed by atoms with van der Waals surface area (Å²) in [4.78, 5) is 35.0. The van der Waals surface area contributed by atoms with Crippen molar-refractivity contribution in [2.75, 3.05) is 19.3 Å². The lowest BCUT2D eigenvalue weighted by molar-refractivity contribution is -0.131. The number of fused-ring (bicyclic) bond motifs is 2. The molecule has 0 saturated carbocycles. The number of thioether (sulfide) groups is 1. The Morgan fingerprint density at radius 1 is 1.22 bits per heavy atom. The van der Waals surface area contributed by atoms with E-state index in [4.69, 9.17) is 4.98 Å². The third-order valence-corrected chi connectivity index (χ3v) is 7.06. The molecule has 1 aliphatic carbocycles. The number of aromatic nitrogens is 2. The van der Waals surface area contributed by atoms with Crippen molar-refractivity contribution in [3.63, 3.8) is 0 Å². The first-order valence-corrected chi connectivity index (χ1v) is 10.8. The van der Waals surface area contributed by atoms with Crippen molar-refractivity contribution in [1.82, 2.24) is 14.9 Å². The first kappa shape index (κ1) is 18.3. The van der Waals surface area contributed by atoms with Crippen LogP contribution >= 0.6 is 11.8 Å². The molecule has 1 saturated heterocycles. The van der Waals surface area contributed by atoms with E-state index in [9.17, 15) is 9.59 Å². The molecule has 1 amide bonds. The molecule has 0 radical (unpaired) electrons. The molecular formula is C21H25N3O2S. The number of rotatable bonds is 3. The molecular weight excluding hydrogens is 358 g/mol. The number of hydrogen-bond acceptors (Lipinski definition) is 4. The third-order valence-electron chi connectivity index (χ3n) is 6.15.